The van der Waals surface area contributed by atoms with E-state index >= 15 is 0 Å². The Kier molecular flexibility index (Phi) is 8.00. The van der Waals surface area contributed by atoms with Crippen LogP contribution in [0.15, 0.2) is 23.1 Å². The third-order valence-corrected chi connectivity index (χ3v) is 6.50. The third kappa shape index (κ3) is 6.31. The molecular weight excluding hydrogens is 378 g/mol. The number of fused-ring (bicyclic) bond motifs is 1. The summed E-state index contributed by atoms with van der Waals surface area (Å²) >= 11 is 0. The summed E-state index contributed by atoms with van der Waals surface area (Å²) < 4.78 is 27.4. The summed E-state index contributed by atoms with van der Waals surface area (Å²) in [6.45, 7) is 5.43. The molecule has 0 aliphatic heterocycles. The Hall–Kier alpha value is -1.93. The summed E-state index contributed by atoms with van der Waals surface area (Å²) in [6, 6.07) is 4.61. The minimum absolute atomic E-state index is 0.0229. The van der Waals surface area contributed by atoms with Gasteiger partial charge in [0.25, 0.3) is 0 Å². The maximum Gasteiger partial charge on any atom is 0.242 e. The van der Waals surface area contributed by atoms with Crippen molar-refractivity contribution in [2.24, 2.45) is 0 Å². The van der Waals surface area contributed by atoms with Gasteiger partial charge < -0.3 is 10.6 Å². The highest BCUT2D eigenvalue weighted by Crippen LogP contribution is 2.23. The van der Waals surface area contributed by atoms with Crippen molar-refractivity contribution in [2.75, 3.05) is 6.54 Å². The Morgan fingerprint density at radius 1 is 1.07 bits per heavy atom. The Morgan fingerprint density at radius 3 is 2.43 bits per heavy atom. The summed E-state index contributed by atoms with van der Waals surface area (Å²) in [5.41, 5.74) is 2.31. The highest BCUT2D eigenvalue weighted by molar-refractivity contribution is 7.89. The van der Waals surface area contributed by atoms with E-state index in [9.17, 15) is 18.0 Å². The fraction of sp³-hybridized carbons (Fsp3) is 0.600. The lowest BCUT2D eigenvalue weighted by molar-refractivity contribution is -0.128. The number of aryl methyl sites for hydroxylation is 2. The monoisotopic (exact) mass is 409 g/mol. The van der Waals surface area contributed by atoms with Crippen LogP contribution in [0, 0.1) is 0 Å². The fourth-order valence-electron chi connectivity index (χ4n) is 3.11. The van der Waals surface area contributed by atoms with Gasteiger partial charge >= 0.3 is 0 Å². The van der Waals surface area contributed by atoms with Gasteiger partial charge in [-0.25, -0.2) is 13.1 Å². The van der Waals surface area contributed by atoms with Crippen LogP contribution in [0.25, 0.3) is 0 Å². The minimum atomic E-state index is -3.66. The van der Waals surface area contributed by atoms with Crippen molar-refractivity contribution < 1.29 is 18.0 Å². The van der Waals surface area contributed by atoms with E-state index in [1.165, 1.54) is 5.56 Å². The van der Waals surface area contributed by atoms with Crippen LogP contribution in [0.3, 0.4) is 0 Å². The number of benzene rings is 1. The van der Waals surface area contributed by atoms with Crippen LogP contribution in [-0.2, 0) is 32.5 Å². The number of rotatable bonds is 9. The first-order valence-corrected chi connectivity index (χ1v) is 11.4. The van der Waals surface area contributed by atoms with Gasteiger partial charge in [0.1, 0.15) is 6.04 Å². The molecule has 1 aromatic carbocycles. The second kappa shape index (κ2) is 10.0. The summed E-state index contributed by atoms with van der Waals surface area (Å²) in [5, 5.41) is 5.39. The molecule has 0 aromatic heterocycles. The van der Waals surface area contributed by atoms with Gasteiger partial charge in [-0.3, -0.25) is 9.59 Å². The molecule has 2 unspecified atom stereocenters. The smallest absolute Gasteiger partial charge is 0.242 e. The van der Waals surface area contributed by atoms with E-state index in [-0.39, 0.29) is 35.7 Å². The highest BCUT2D eigenvalue weighted by Gasteiger charge is 2.19. The molecule has 1 aliphatic rings. The average Bonchev–Trinajstić information content (AvgIpc) is 2.67. The van der Waals surface area contributed by atoms with Crippen LogP contribution in [0.2, 0.25) is 0 Å². The van der Waals surface area contributed by atoms with E-state index in [4.69, 9.17) is 0 Å². The molecule has 1 aromatic rings. The normalized spacial score (nSPS) is 16.0. The predicted octanol–water partition coefficient (Wildman–Crippen LogP) is 1.65. The van der Waals surface area contributed by atoms with Gasteiger partial charge in [-0.05, 0) is 69.2 Å². The van der Waals surface area contributed by atoms with E-state index in [0.717, 1.165) is 37.7 Å². The van der Waals surface area contributed by atoms with E-state index < -0.39 is 16.1 Å². The van der Waals surface area contributed by atoms with E-state index in [0.29, 0.717) is 0 Å². The van der Waals surface area contributed by atoms with E-state index in [1.807, 2.05) is 19.9 Å². The molecule has 156 valence electrons. The standard InChI is InChI=1S/C20H31N3O4S/c1-4-14(2)22-20(25)15(3)23-19(24)11-12-21-28(26,27)18-10-9-16-7-5-6-8-17(16)13-18/h9-10,13-15,21H,4-8,11-12H2,1-3H3,(H,22,25)(H,23,24). The van der Waals surface area contributed by atoms with Gasteiger partial charge in [-0.15, -0.1) is 0 Å². The quantitative estimate of drug-likeness (QED) is 0.577. The molecule has 2 amide bonds. The maximum absolute atomic E-state index is 12.5. The number of hydrogen-bond acceptors (Lipinski definition) is 4. The van der Waals surface area contributed by atoms with Gasteiger partial charge in [0.05, 0.1) is 4.90 Å². The van der Waals surface area contributed by atoms with Crippen LogP contribution in [-0.4, -0.2) is 38.9 Å². The number of carbonyl (C=O) groups is 2. The van der Waals surface area contributed by atoms with E-state index in [2.05, 4.69) is 15.4 Å². The number of nitrogens with one attached hydrogen (secondary N) is 3. The highest BCUT2D eigenvalue weighted by atomic mass is 32.2. The molecule has 2 rings (SSSR count). The molecule has 0 heterocycles. The molecule has 0 fully saturated rings. The first-order chi connectivity index (χ1) is 13.2. The first-order valence-electron chi connectivity index (χ1n) is 9.94. The molecular formula is C20H31N3O4S. The van der Waals surface area contributed by atoms with Crippen LogP contribution in [0.4, 0.5) is 0 Å². The van der Waals surface area contributed by atoms with Crippen molar-refractivity contribution in [1.29, 1.82) is 0 Å². The Balaban J connectivity index is 1.83. The predicted molar refractivity (Wildman–Crippen MR) is 108 cm³/mol. The van der Waals surface area contributed by atoms with Gasteiger partial charge in [-0.2, -0.15) is 0 Å². The molecule has 0 spiro atoms. The van der Waals surface area contributed by atoms with Crippen LogP contribution in [0.1, 0.15) is 57.6 Å². The SMILES string of the molecule is CCC(C)NC(=O)C(C)NC(=O)CCNS(=O)(=O)c1ccc2c(c1)CCCC2. The van der Waals surface area contributed by atoms with E-state index in [1.54, 1.807) is 19.1 Å². The zero-order chi connectivity index (χ0) is 20.7. The largest absolute Gasteiger partial charge is 0.352 e. The van der Waals surface area contributed by atoms with Crippen molar-refractivity contribution in [3.8, 4) is 0 Å². The topological polar surface area (TPSA) is 104 Å². The molecule has 0 bridgehead atoms. The zero-order valence-corrected chi connectivity index (χ0v) is 17.7. The van der Waals surface area contributed by atoms with Crippen LogP contribution in [0.5, 0.6) is 0 Å². The van der Waals surface area contributed by atoms with Gasteiger partial charge in [0.15, 0.2) is 0 Å². The maximum atomic E-state index is 12.5. The van der Waals surface area contributed by atoms with Gasteiger partial charge in [-0.1, -0.05) is 13.0 Å². The number of hydrogen-bond donors (Lipinski definition) is 3. The molecule has 8 heteroatoms. The van der Waals surface area contributed by atoms with Crippen molar-refractivity contribution in [1.82, 2.24) is 15.4 Å². The van der Waals surface area contributed by atoms with Gasteiger partial charge in [0, 0.05) is 19.0 Å². The van der Waals surface area contributed by atoms with Crippen molar-refractivity contribution >= 4 is 21.8 Å². The van der Waals surface area contributed by atoms with Crippen molar-refractivity contribution in [2.45, 2.75) is 76.3 Å². The summed E-state index contributed by atoms with van der Waals surface area (Å²) in [5.74, 6) is -0.628. The second-order valence-corrected chi connectivity index (χ2v) is 9.16. The number of sulfonamides is 1. The molecule has 3 N–H and O–H groups in total. The number of amides is 2. The van der Waals surface area contributed by atoms with Gasteiger partial charge in [0.2, 0.25) is 21.8 Å². The first kappa shape index (κ1) is 22.4. The Labute approximate surface area is 167 Å². The fourth-order valence-corrected chi connectivity index (χ4v) is 4.19. The lowest BCUT2D eigenvalue weighted by Crippen LogP contribution is -2.47. The van der Waals surface area contributed by atoms with Crippen molar-refractivity contribution in [3.05, 3.63) is 29.3 Å². The van der Waals surface area contributed by atoms with Crippen LogP contribution >= 0.6 is 0 Å². The molecule has 2 atom stereocenters. The third-order valence-electron chi connectivity index (χ3n) is 5.05. The molecule has 0 saturated carbocycles. The lowest BCUT2D eigenvalue weighted by Gasteiger charge is -2.18. The molecule has 7 nitrogen and oxygen atoms in total. The molecule has 0 radical (unpaired) electrons. The average molecular weight is 410 g/mol. The second-order valence-electron chi connectivity index (χ2n) is 7.39. The minimum Gasteiger partial charge on any atom is -0.352 e. The summed E-state index contributed by atoms with van der Waals surface area (Å²) in [7, 11) is -3.66. The van der Waals surface area contributed by atoms with Crippen molar-refractivity contribution in [3.63, 3.8) is 0 Å². The Bertz CT molecular complexity index is 808. The number of carbonyl (C=O) groups excluding carboxylic acids is 2. The Morgan fingerprint density at radius 2 is 1.75 bits per heavy atom. The lowest BCUT2D eigenvalue weighted by atomic mass is 9.92. The molecule has 28 heavy (non-hydrogen) atoms. The van der Waals surface area contributed by atoms with Crippen LogP contribution < -0.4 is 15.4 Å². The summed E-state index contributed by atoms with van der Waals surface area (Å²) in [4.78, 5) is 24.2. The summed E-state index contributed by atoms with van der Waals surface area (Å²) in [6.07, 6.45) is 4.87. The zero-order valence-electron chi connectivity index (χ0n) is 16.9. The molecule has 0 saturated heterocycles. The molecule has 1 aliphatic carbocycles.